The summed E-state index contributed by atoms with van der Waals surface area (Å²) >= 11 is 3.51. The Morgan fingerprint density at radius 3 is 2.62 bits per heavy atom. The van der Waals surface area contributed by atoms with Crippen molar-refractivity contribution in [3.05, 3.63) is 74.1 Å². The maximum Gasteiger partial charge on any atom is 0.254 e. The summed E-state index contributed by atoms with van der Waals surface area (Å²) in [6, 6.07) is 13.9. The van der Waals surface area contributed by atoms with Gasteiger partial charge in [0.15, 0.2) is 0 Å². The highest BCUT2D eigenvalue weighted by Gasteiger charge is 2.33. The van der Waals surface area contributed by atoms with Gasteiger partial charge in [-0.2, -0.15) is 0 Å². The van der Waals surface area contributed by atoms with E-state index in [2.05, 4.69) is 29.0 Å². The van der Waals surface area contributed by atoms with Crippen LogP contribution in [0.1, 0.15) is 45.6 Å². The first-order valence-corrected chi connectivity index (χ1v) is 10.6. The van der Waals surface area contributed by atoms with Gasteiger partial charge in [-0.25, -0.2) is 0 Å². The highest BCUT2D eigenvalue weighted by molar-refractivity contribution is 7.10. The van der Waals surface area contributed by atoms with Gasteiger partial charge in [0.25, 0.3) is 5.91 Å². The molecule has 2 aromatic heterocycles. The van der Waals surface area contributed by atoms with E-state index < -0.39 is 0 Å². The maximum atomic E-state index is 13.3. The first-order chi connectivity index (χ1) is 12.6. The number of thiophene rings is 2. The van der Waals surface area contributed by atoms with Gasteiger partial charge in [0.05, 0.1) is 12.1 Å². The van der Waals surface area contributed by atoms with Gasteiger partial charge in [-0.15, -0.1) is 22.7 Å². The highest BCUT2D eigenvalue weighted by atomic mass is 32.1. The molecule has 0 fully saturated rings. The monoisotopic (exact) mass is 383 g/mol. The topological polar surface area (TPSA) is 29.5 Å². The fraction of sp³-hybridized carbons (Fsp3) is 0.286. The molecule has 3 heterocycles. The molecule has 0 saturated heterocycles. The SMILES string of the molecule is CC(C)Oc1ccc(C(=O)N2CCc3sccc3C2c2cccs2)cc1. The van der Waals surface area contributed by atoms with Gasteiger partial charge in [-0.3, -0.25) is 4.79 Å². The molecule has 1 unspecified atom stereocenters. The molecular formula is C21H21NO2S2. The first-order valence-electron chi connectivity index (χ1n) is 8.81. The van der Waals surface area contributed by atoms with Crippen LogP contribution in [0, 0.1) is 0 Å². The molecule has 3 aromatic rings. The van der Waals surface area contributed by atoms with Crippen molar-refractivity contribution in [2.45, 2.75) is 32.4 Å². The number of carbonyl (C=O) groups excluding carboxylic acids is 1. The van der Waals surface area contributed by atoms with E-state index in [1.165, 1.54) is 15.3 Å². The van der Waals surface area contributed by atoms with Crippen molar-refractivity contribution in [2.75, 3.05) is 6.54 Å². The van der Waals surface area contributed by atoms with E-state index >= 15 is 0 Å². The van der Waals surface area contributed by atoms with Crippen molar-refractivity contribution in [3.8, 4) is 5.75 Å². The Labute approximate surface area is 161 Å². The number of benzene rings is 1. The van der Waals surface area contributed by atoms with Crippen molar-refractivity contribution in [2.24, 2.45) is 0 Å². The predicted molar refractivity (Wildman–Crippen MR) is 107 cm³/mol. The number of nitrogens with zero attached hydrogens (tertiary/aromatic N) is 1. The maximum absolute atomic E-state index is 13.3. The summed E-state index contributed by atoms with van der Waals surface area (Å²) in [7, 11) is 0. The number of rotatable bonds is 4. The molecule has 0 N–H and O–H groups in total. The molecule has 3 nitrogen and oxygen atoms in total. The normalized spacial score (nSPS) is 16.6. The number of hydrogen-bond acceptors (Lipinski definition) is 4. The van der Waals surface area contributed by atoms with Crippen molar-refractivity contribution in [1.29, 1.82) is 0 Å². The van der Waals surface area contributed by atoms with Crippen LogP contribution >= 0.6 is 22.7 Å². The molecule has 0 saturated carbocycles. The van der Waals surface area contributed by atoms with Crippen LogP contribution < -0.4 is 4.74 Å². The Morgan fingerprint density at radius 1 is 1.12 bits per heavy atom. The second-order valence-electron chi connectivity index (χ2n) is 6.66. The van der Waals surface area contributed by atoms with Gasteiger partial charge in [0.2, 0.25) is 0 Å². The molecule has 0 spiro atoms. The minimum atomic E-state index is 0.0177. The standard InChI is InChI=1S/C21H21NO2S2/c1-14(2)24-16-7-5-15(6-8-16)21(23)22-11-9-18-17(10-13-26-18)20(22)19-4-3-12-25-19/h3-8,10,12-14,20H,9,11H2,1-2H3. The summed E-state index contributed by atoms with van der Waals surface area (Å²) in [5, 5.41) is 4.22. The zero-order chi connectivity index (χ0) is 18.1. The lowest BCUT2D eigenvalue weighted by molar-refractivity contribution is 0.0698. The minimum Gasteiger partial charge on any atom is -0.491 e. The fourth-order valence-corrected chi connectivity index (χ4v) is 5.16. The summed E-state index contributed by atoms with van der Waals surface area (Å²) in [6.45, 7) is 4.74. The second kappa shape index (κ2) is 7.25. The summed E-state index contributed by atoms with van der Waals surface area (Å²) in [6.07, 6.45) is 1.05. The van der Waals surface area contributed by atoms with E-state index in [1.54, 1.807) is 22.7 Å². The Bertz CT molecular complexity index is 881. The van der Waals surface area contributed by atoms with Gasteiger partial charge < -0.3 is 9.64 Å². The molecule has 1 aliphatic rings. The van der Waals surface area contributed by atoms with Crippen LogP contribution in [0.2, 0.25) is 0 Å². The minimum absolute atomic E-state index is 0.0177. The molecule has 0 radical (unpaired) electrons. The molecule has 4 rings (SSSR count). The van der Waals surface area contributed by atoms with Crippen LogP contribution in [0.3, 0.4) is 0 Å². The third kappa shape index (κ3) is 3.29. The average Bonchev–Trinajstić information content (AvgIpc) is 3.32. The van der Waals surface area contributed by atoms with E-state index in [-0.39, 0.29) is 18.1 Å². The van der Waals surface area contributed by atoms with Gasteiger partial charge in [0, 0.05) is 21.9 Å². The molecule has 26 heavy (non-hydrogen) atoms. The van der Waals surface area contributed by atoms with Gasteiger partial charge in [0.1, 0.15) is 5.75 Å². The third-order valence-corrected chi connectivity index (χ3v) is 6.43. The van der Waals surface area contributed by atoms with Crippen molar-refractivity contribution in [3.63, 3.8) is 0 Å². The zero-order valence-electron chi connectivity index (χ0n) is 14.8. The third-order valence-electron chi connectivity index (χ3n) is 4.51. The Hall–Kier alpha value is -2.11. The van der Waals surface area contributed by atoms with Crippen molar-refractivity contribution >= 4 is 28.6 Å². The van der Waals surface area contributed by atoms with Crippen LogP contribution in [0.5, 0.6) is 5.75 Å². The molecular weight excluding hydrogens is 362 g/mol. The van der Waals surface area contributed by atoms with E-state index in [0.29, 0.717) is 5.56 Å². The lowest BCUT2D eigenvalue weighted by Crippen LogP contribution is -2.39. The first kappa shape index (κ1) is 17.3. The van der Waals surface area contributed by atoms with E-state index in [9.17, 15) is 4.79 Å². The van der Waals surface area contributed by atoms with Gasteiger partial charge >= 0.3 is 0 Å². The average molecular weight is 384 g/mol. The zero-order valence-corrected chi connectivity index (χ0v) is 16.5. The van der Waals surface area contributed by atoms with Crippen LogP contribution in [-0.4, -0.2) is 23.5 Å². The lowest BCUT2D eigenvalue weighted by atomic mass is 9.97. The summed E-state index contributed by atoms with van der Waals surface area (Å²) in [5.41, 5.74) is 1.98. The van der Waals surface area contributed by atoms with Gasteiger partial charge in [-0.05, 0) is 73.0 Å². The van der Waals surface area contributed by atoms with Crippen molar-refractivity contribution < 1.29 is 9.53 Å². The van der Waals surface area contributed by atoms with Crippen molar-refractivity contribution in [1.82, 2.24) is 4.90 Å². The Morgan fingerprint density at radius 2 is 1.92 bits per heavy atom. The van der Waals surface area contributed by atoms with E-state index in [0.717, 1.165) is 18.7 Å². The van der Waals surface area contributed by atoms with E-state index in [1.807, 2.05) is 43.0 Å². The highest BCUT2D eigenvalue weighted by Crippen LogP contribution is 2.40. The predicted octanol–water partition coefficient (Wildman–Crippen LogP) is 5.38. The smallest absolute Gasteiger partial charge is 0.254 e. The Balaban J connectivity index is 1.64. The number of fused-ring (bicyclic) bond motifs is 1. The summed E-state index contributed by atoms with van der Waals surface area (Å²) < 4.78 is 5.69. The molecule has 0 aliphatic carbocycles. The molecule has 5 heteroatoms. The van der Waals surface area contributed by atoms with Crippen LogP contribution in [0.4, 0.5) is 0 Å². The van der Waals surface area contributed by atoms with E-state index in [4.69, 9.17) is 4.74 Å². The second-order valence-corrected chi connectivity index (χ2v) is 8.64. The largest absolute Gasteiger partial charge is 0.491 e. The number of carbonyl (C=O) groups is 1. The molecule has 1 aliphatic heterocycles. The van der Waals surface area contributed by atoms with Crippen LogP contribution in [-0.2, 0) is 6.42 Å². The molecule has 1 atom stereocenters. The summed E-state index contributed by atoms with van der Waals surface area (Å²) in [5.74, 6) is 0.876. The number of hydrogen-bond donors (Lipinski definition) is 0. The lowest BCUT2D eigenvalue weighted by Gasteiger charge is -2.35. The van der Waals surface area contributed by atoms with Crippen LogP contribution in [0.25, 0.3) is 0 Å². The molecule has 1 aromatic carbocycles. The Kier molecular flexibility index (Phi) is 4.83. The quantitative estimate of drug-likeness (QED) is 0.605. The van der Waals surface area contributed by atoms with Crippen LogP contribution in [0.15, 0.2) is 53.2 Å². The molecule has 0 bridgehead atoms. The van der Waals surface area contributed by atoms with Gasteiger partial charge in [-0.1, -0.05) is 6.07 Å². The molecule has 1 amide bonds. The molecule has 134 valence electrons. The summed E-state index contributed by atoms with van der Waals surface area (Å²) in [4.78, 5) is 17.9. The number of ether oxygens (including phenoxy) is 1. The fourth-order valence-electron chi connectivity index (χ4n) is 3.40. The number of amides is 1.